The summed E-state index contributed by atoms with van der Waals surface area (Å²) in [4.78, 5) is 46.1. The number of benzene rings is 2. The van der Waals surface area contributed by atoms with Crippen LogP contribution >= 0.6 is 11.6 Å². The Morgan fingerprint density at radius 3 is 2.49 bits per heavy atom. The van der Waals surface area contributed by atoms with Crippen molar-refractivity contribution in [3.05, 3.63) is 75.8 Å². The van der Waals surface area contributed by atoms with Crippen LogP contribution in [0.25, 0.3) is 0 Å². The highest BCUT2D eigenvalue weighted by Gasteiger charge is 2.34. The van der Waals surface area contributed by atoms with Gasteiger partial charge in [0.15, 0.2) is 5.82 Å². The third-order valence-electron chi connectivity index (χ3n) is 6.74. The Kier molecular flexibility index (Phi) is 7.75. The van der Waals surface area contributed by atoms with Crippen LogP contribution in [-0.2, 0) is 11.3 Å². The van der Waals surface area contributed by atoms with Gasteiger partial charge in [-0.05, 0) is 36.2 Å². The number of aromatic nitrogens is 3. The van der Waals surface area contributed by atoms with Crippen LogP contribution in [0.15, 0.2) is 42.5 Å². The molecule has 11 nitrogen and oxygen atoms in total. The molecule has 3 aromatic rings. The molecule has 0 aliphatic carbocycles. The van der Waals surface area contributed by atoms with Gasteiger partial charge >= 0.3 is 12.0 Å². The molecule has 39 heavy (non-hydrogen) atoms. The molecule has 2 aliphatic rings. The van der Waals surface area contributed by atoms with Crippen LogP contribution in [0.4, 0.5) is 15.1 Å². The summed E-state index contributed by atoms with van der Waals surface area (Å²) >= 11 is 6.27. The van der Waals surface area contributed by atoms with Crippen molar-refractivity contribution in [2.24, 2.45) is 0 Å². The Bertz CT molecular complexity index is 1390. The van der Waals surface area contributed by atoms with E-state index in [9.17, 15) is 23.9 Å². The molecule has 2 fully saturated rings. The predicted octanol–water partition coefficient (Wildman–Crippen LogP) is 3.31. The Balaban J connectivity index is 1.41. The van der Waals surface area contributed by atoms with E-state index in [-0.39, 0.29) is 46.4 Å². The minimum Gasteiger partial charge on any atom is -0.478 e. The van der Waals surface area contributed by atoms with Gasteiger partial charge in [-0.25, -0.2) is 14.0 Å². The first-order valence-corrected chi connectivity index (χ1v) is 12.8. The number of carbonyl (C=O) groups is 3. The van der Waals surface area contributed by atoms with Gasteiger partial charge in [0, 0.05) is 38.6 Å². The maximum absolute atomic E-state index is 13.5. The number of morpholine rings is 1. The van der Waals surface area contributed by atoms with Crippen LogP contribution in [0, 0.1) is 5.82 Å². The van der Waals surface area contributed by atoms with Gasteiger partial charge in [-0.3, -0.25) is 4.79 Å². The number of rotatable bonds is 6. The molecule has 1 unspecified atom stereocenters. The van der Waals surface area contributed by atoms with Crippen molar-refractivity contribution < 1.29 is 28.6 Å². The molecule has 13 heteroatoms. The standard InChI is InChI=1S/C26H26ClFN6O5/c27-21-19(2-1-3-20(21)24(36)37)23(35)34-25(29-14-16-4-6-18(28)7-5-16)30-22(31-34)17-8-9-33(15-17)26(38)32-10-12-39-13-11-32/h1-7,17H,8-15H2,(H,36,37)(H,29,30,31). The van der Waals surface area contributed by atoms with Crippen LogP contribution in [0.5, 0.6) is 0 Å². The summed E-state index contributed by atoms with van der Waals surface area (Å²) in [6, 6.07) is 9.94. The Hall–Kier alpha value is -4.03. The number of hydrogen-bond acceptors (Lipinski definition) is 7. The molecule has 1 atom stereocenters. The maximum atomic E-state index is 13.5. The summed E-state index contributed by atoms with van der Waals surface area (Å²) in [7, 11) is 0. The van der Waals surface area contributed by atoms with E-state index in [0.29, 0.717) is 51.6 Å². The molecule has 0 saturated carbocycles. The summed E-state index contributed by atoms with van der Waals surface area (Å²) in [6.45, 7) is 3.22. The summed E-state index contributed by atoms with van der Waals surface area (Å²) in [5.41, 5.74) is 0.485. The number of carboxylic acids is 1. The normalized spacial score (nSPS) is 17.3. The summed E-state index contributed by atoms with van der Waals surface area (Å²) < 4.78 is 19.7. The van der Waals surface area contributed by atoms with Gasteiger partial charge in [0.1, 0.15) is 5.82 Å². The first kappa shape index (κ1) is 26.6. The van der Waals surface area contributed by atoms with Gasteiger partial charge in [0.05, 0.1) is 29.4 Å². The topological polar surface area (TPSA) is 130 Å². The molecule has 2 aliphatic heterocycles. The summed E-state index contributed by atoms with van der Waals surface area (Å²) in [5.74, 6) is -2.02. The van der Waals surface area contributed by atoms with E-state index in [2.05, 4.69) is 15.4 Å². The molecular weight excluding hydrogens is 531 g/mol. The number of anilines is 1. The Labute approximate surface area is 228 Å². The van der Waals surface area contributed by atoms with Gasteiger partial charge in [-0.1, -0.05) is 29.8 Å². The zero-order chi connectivity index (χ0) is 27.5. The molecule has 2 aromatic carbocycles. The highest BCUT2D eigenvalue weighted by atomic mass is 35.5. The van der Waals surface area contributed by atoms with Crippen molar-refractivity contribution in [1.82, 2.24) is 24.6 Å². The van der Waals surface area contributed by atoms with E-state index >= 15 is 0 Å². The largest absolute Gasteiger partial charge is 0.478 e. The van der Waals surface area contributed by atoms with Gasteiger partial charge in [0.2, 0.25) is 5.95 Å². The molecule has 2 amide bonds. The van der Waals surface area contributed by atoms with Crippen molar-refractivity contribution in [2.75, 3.05) is 44.7 Å². The van der Waals surface area contributed by atoms with Gasteiger partial charge in [0.25, 0.3) is 5.91 Å². The molecular formula is C26H26ClFN6O5. The second kappa shape index (κ2) is 11.4. The zero-order valence-electron chi connectivity index (χ0n) is 20.8. The van der Waals surface area contributed by atoms with E-state index in [1.807, 2.05) is 0 Å². The lowest BCUT2D eigenvalue weighted by Gasteiger charge is -2.30. The number of amides is 2. The van der Waals surface area contributed by atoms with Gasteiger partial charge < -0.3 is 25.0 Å². The number of aromatic carboxylic acids is 1. The number of likely N-dealkylation sites (tertiary alicyclic amines) is 1. The van der Waals surface area contributed by atoms with Crippen LogP contribution in [0.3, 0.4) is 0 Å². The number of hydrogen-bond donors (Lipinski definition) is 2. The molecule has 1 aromatic heterocycles. The highest BCUT2D eigenvalue weighted by molar-refractivity contribution is 6.36. The lowest BCUT2D eigenvalue weighted by Crippen LogP contribution is -2.47. The maximum Gasteiger partial charge on any atom is 0.337 e. The molecule has 0 spiro atoms. The van der Waals surface area contributed by atoms with Gasteiger partial charge in [-0.2, -0.15) is 9.67 Å². The molecule has 3 heterocycles. The summed E-state index contributed by atoms with van der Waals surface area (Å²) in [5, 5.41) is 16.8. The number of ether oxygens (including phenoxy) is 1. The van der Waals surface area contributed by atoms with Crippen LogP contribution in [0.1, 0.15) is 44.4 Å². The Morgan fingerprint density at radius 1 is 1.05 bits per heavy atom. The molecule has 2 N–H and O–H groups in total. The van der Waals surface area contributed by atoms with Crippen molar-refractivity contribution in [2.45, 2.75) is 18.9 Å². The minimum atomic E-state index is -1.26. The Morgan fingerprint density at radius 2 is 1.77 bits per heavy atom. The SMILES string of the molecule is O=C(O)c1cccc(C(=O)n2nc(C3CCN(C(=O)N4CCOCC4)C3)nc2NCc2ccc(F)cc2)c1Cl. The number of nitrogens with one attached hydrogen (secondary N) is 1. The van der Waals surface area contributed by atoms with Crippen molar-refractivity contribution >= 4 is 35.5 Å². The molecule has 0 bridgehead atoms. The number of halogens is 2. The van der Waals surface area contributed by atoms with Gasteiger partial charge in [-0.15, -0.1) is 5.10 Å². The summed E-state index contributed by atoms with van der Waals surface area (Å²) in [6.07, 6.45) is 0.612. The zero-order valence-corrected chi connectivity index (χ0v) is 21.6. The second-order valence-electron chi connectivity index (χ2n) is 9.28. The average molecular weight is 557 g/mol. The molecule has 204 valence electrons. The number of nitrogens with zero attached hydrogens (tertiary/aromatic N) is 5. The van der Waals surface area contributed by atoms with E-state index in [1.165, 1.54) is 30.3 Å². The number of urea groups is 1. The van der Waals surface area contributed by atoms with Crippen LogP contribution < -0.4 is 5.32 Å². The first-order chi connectivity index (χ1) is 18.8. The first-order valence-electron chi connectivity index (χ1n) is 12.4. The fourth-order valence-corrected chi connectivity index (χ4v) is 4.90. The number of carboxylic acid groups (broad SMARTS) is 1. The van der Waals surface area contributed by atoms with E-state index in [0.717, 1.165) is 10.2 Å². The smallest absolute Gasteiger partial charge is 0.337 e. The monoisotopic (exact) mass is 556 g/mol. The fraction of sp³-hybridized carbons (Fsp3) is 0.346. The minimum absolute atomic E-state index is 0.0478. The fourth-order valence-electron chi connectivity index (χ4n) is 4.62. The van der Waals surface area contributed by atoms with E-state index in [1.54, 1.807) is 21.9 Å². The lowest BCUT2D eigenvalue weighted by atomic mass is 10.1. The quantitative estimate of drug-likeness (QED) is 0.473. The van der Waals surface area contributed by atoms with Crippen molar-refractivity contribution in [3.63, 3.8) is 0 Å². The van der Waals surface area contributed by atoms with Crippen molar-refractivity contribution in [1.29, 1.82) is 0 Å². The van der Waals surface area contributed by atoms with Crippen LogP contribution in [0.2, 0.25) is 5.02 Å². The highest BCUT2D eigenvalue weighted by Crippen LogP contribution is 2.29. The second-order valence-corrected chi connectivity index (χ2v) is 9.65. The van der Waals surface area contributed by atoms with E-state index in [4.69, 9.17) is 16.3 Å². The van der Waals surface area contributed by atoms with E-state index < -0.39 is 11.9 Å². The molecule has 5 rings (SSSR count). The molecule has 0 radical (unpaired) electrons. The molecule has 2 saturated heterocycles. The van der Waals surface area contributed by atoms with Crippen LogP contribution in [-0.4, -0.2) is 87.0 Å². The van der Waals surface area contributed by atoms with Crippen molar-refractivity contribution in [3.8, 4) is 0 Å². The number of carbonyl (C=O) groups excluding carboxylic acids is 2. The average Bonchev–Trinajstić information content (AvgIpc) is 3.60. The third-order valence-corrected chi connectivity index (χ3v) is 7.15. The predicted molar refractivity (Wildman–Crippen MR) is 139 cm³/mol. The lowest BCUT2D eigenvalue weighted by molar-refractivity contribution is 0.0450. The third kappa shape index (κ3) is 5.71.